The summed E-state index contributed by atoms with van der Waals surface area (Å²) in [7, 11) is 0. The molecule has 3 nitrogen and oxygen atoms in total. The van der Waals surface area contributed by atoms with Crippen molar-refractivity contribution in [1.82, 2.24) is 4.98 Å². The van der Waals surface area contributed by atoms with Gasteiger partial charge in [-0.15, -0.1) is 0 Å². The Morgan fingerprint density at radius 3 is 2.62 bits per heavy atom. The Kier molecular flexibility index (Phi) is 3.41. The number of hydrogen-bond donors (Lipinski definition) is 2. The molecular formula is C12H12BrN3. The molecule has 3 N–H and O–H groups in total. The standard InChI is InChI=1S/C12H12BrN3/c13-9-3-5-10(6-4-9)16-8-12-11(14)2-1-7-15-12/h1-7,16H,8,14H2. The molecule has 1 aromatic heterocycles. The SMILES string of the molecule is Nc1cccnc1CNc1ccc(Br)cc1. The Morgan fingerprint density at radius 1 is 1.19 bits per heavy atom. The number of aromatic nitrogens is 1. The van der Waals surface area contributed by atoms with Crippen molar-refractivity contribution in [2.24, 2.45) is 0 Å². The van der Waals surface area contributed by atoms with Crippen molar-refractivity contribution in [3.05, 3.63) is 52.8 Å². The quantitative estimate of drug-likeness (QED) is 0.907. The third-order valence-electron chi connectivity index (χ3n) is 2.23. The summed E-state index contributed by atoms with van der Waals surface area (Å²) in [5.74, 6) is 0. The first-order valence-corrected chi connectivity index (χ1v) is 5.74. The van der Waals surface area contributed by atoms with E-state index in [0.717, 1.165) is 15.9 Å². The molecule has 0 bridgehead atoms. The van der Waals surface area contributed by atoms with E-state index in [0.29, 0.717) is 12.2 Å². The van der Waals surface area contributed by atoms with E-state index < -0.39 is 0 Å². The molecule has 0 saturated carbocycles. The van der Waals surface area contributed by atoms with E-state index in [9.17, 15) is 0 Å². The molecule has 0 atom stereocenters. The fourth-order valence-corrected chi connectivity index (χ4v) is 1.62. The van der Waals surface area contributed by atoms with Gasteiger partial charge in [0.2, 0.25) is 0 Å². The van der Waals surface area contributed by atoms with Gasteiger partial charge in [-0.2, -0.15) is 0 Å². The van der Waals surface area contributed by atoms with Crippen molar-refractivity contribution in [1.29, 1.82) is 0 Å². The molecule has 2 aromatic rings. The van der Waals surface area contributed by atoms with Gasteiger partial charge in [0, 0.05) is 16.4 Å². The van der Waals surface area contributed by atoms with Gasteiger partial charge in [0.05, 0.1) is 17.9 Å². The molecule has 16 heavy (non-hydrogen) atoms. The highest BCUT2D eigenvalue weighted by Gasteiger charge is 1.99. The van der Waals surface area contributed by atoms with Crippen LogP contribution in [0.3, 0.4) is 0 Å². The lowest BCUT2D eigenvalue weighted by Crippen LogP contribution is -2.04. The first-order valence-electron chi connectivity index (χ1n) is 4.94. The molecule has 1 heterocycles. The molecule has 4 heteroatoms. The van der Waals surface area contributed by atoms with Crippen LogP contribution < -0.4 is 11.1 Å². The molecule has 0 aliphatic rings. The molecule has 0 aliphatic carbocycles. The smallest absolute Gasteiger partial charge is 0.0823 e. The van der Waals surface area contributed by atoms with Crippen molar-refractivity contribution in [2.75, 3.05) is 11.1 Å². The summed E-state index contributed by atoms with van der Waals surface area (Å²) in [6.07, 6.45) is 1.74. The maximum absolute atomic E-state index is 5.80. The number of nitrogens with zero attached hydrogens (tertiary/aromatic N) is 1. The zero-order valence-electron chi connectivity index (χ0n) is 8.65. The van der Waals surface area contributed by atoms with Crippen LogP contribution in [0.5, 0.6) is 0 Å². The fourth-order valence-electron chi connectivity index (χ4n) is 1.35. The molecule has 0 amide bonds. The zero-order valence-corrected chi connectivity index (χ0v) is 10.2. The monoisotopic (exact) mass is 277 g/mol. The largest absolute Gasteiger partial charge is 0.397 e. The van der Waals surface area contributed by atoms with Gasteiger partial charge in [-0.05, 0) is 36.4 Å². The molecule has 0 spiro atoms. The number of rotatable bonds is 3. The van der Waals surface area contributed by atoms with E-state index in [1.54, 1.807) is 6.20 Å². The lowest BCUT2D eigenvalue weighted by molar-refractivity contribution is 1.05. The molecule has 0 fully saturated rings. The third-order valence-corrected chi connectivity index (χ3v) is 2.76. The molecule has 1 aromatic carbocycles. The summed E-state index contributed by atoms with van der Waals surface area (Å²) >= 11 is 3.39. The lowest BCUT2D eigenvalue weighted by Gasteiger charge is -2.07. The minimum atomic E-state index is 0.633. The number of hydrogen-bond acceptors (Lipinski definition) is 3. The van der Waals surface area contributed by atoms with Crippen molar-refractivity contribution >= 4 is 27.3 Å². The van der Waals surface area contributed by atoms with E-state index in [2.05, 4.69) is 26.2 Å². The highest BCUT2D eigenvalue weighted by atomic mass is 79.9. The molecule has 0 saturated heterocycles. The number of anilines is 2. The van der Waals surface area contributed by atoms with Gasteiger partial charge in [-0.3, -0.25) is 4.98 Å². The van der Waals surface area contributed by atoms with Crippen molar-refractivity contribution in [3.63, 3.8) is 0 Å². The van der Waals surface area contributed by atoms with Crippen molar-refractivity contribution in [3.8, 4) is 0 Å². The topological polar surface area (TPSA) is 50.9 Å². The average molecular weight is 278 g/mol. The summed E-state index contributed by atoms with van der Waals surface area (Å²) < 4.78 is 1.07. The normalized spacial score (nSPS) is 10.1. The number of nitrogen functional groups attached to an aromatic ring is 1. The summed E-state index contributed by atoms with van der Waals surface area (Å²) in [4.78, 5) is 4.21. The Labute approximate surface area is 103 Å². The number of halogens is 1. The van der Waals surface area contributed by atoms with Crippen molar-refractivity contribution in [2.45, 2.75) is 6.54 Å². The van der Waals surface area contributed by atoms with Crippen LogP contribution in [0.25, 0.3) is 0 Å². The van der Waals surface area contributed by atoms with E-state index in [1.165, 1.54) is 0 Å². The van der Waals surface area contributed by atoms with E-state index in [-0.39, 0.29) is 0 Å². The minimum Gasteiger partial charge on any atom is -0.397 e. The molecule has 2 rings (SSSR count). The van der Waals surface area contributed by atoms with Gasteiger partial charge in [-0.1, -0.05) is 15.9 Å². The van der Waals surface area contributed by atoms with Crippen LogP contribution >= 0.6 is 15.9 Å². The molecule has 82 valence electrons. The second kappa shape index (κ2) is 4.99. The summed E-state index contributed by atoms with van der Waals surface area (Å²) in [6.45, 7) is 0.633. The van der Waals surface area contributed by atoms with Gasteiger partial charge in [0.15, 0.2) is 0 Å². The molecule has 0 unspecified atom stereocenters. The van der Waals surface area contributed by atoms with Crippen LogP contribution in [0, 0.1) is 0 Å². The van der Waals surface area contributed by atoms with Crippen LogP contribution in [0.15, 0.2) is 47.1 Å². The highest BCUT2D eigenvalue weighted by molar-refractivity contribution is 9.10. The fraction of sp³-hybridized carbons (Fsp3) is 0.0833. The van der Waals surface area contributed by atoms with E-state index in [4.69, 9.17) is 5.73 Å². The number of nitrogens with two attached hydrogens (primary N) is 1. The van der Waals surface area contributed by atoms with Crippen molar-refractivity contribution < 1.29 is 0 Å². The second-order valence-electron chi connectivity index (χ2n) is 3.40. The van der Waals surface area contributed by atoms with Crippen LogP contribution in [0.4, 0.5) is 11.4 Å². The Balaban J connectivity index is 2.02. The first-order chi connectivity index (χ1) is 7.75. The number of pyridine rings is 1. The molecule has 0 radical (unpaired) electrons. The average Bonchev–Trinajstić information content (AvgIpc) is 2.30. The highest BCUT2D eigenvalue weighted by Crippen LogP contribution is 2.15. The molecule has 0 aliphatic heterocycles. The van der Waals surface area contributed by atoms with Gasteiger partial charge >= 0.3 is 0 Å². The van der Waals surface area contributed by atoms with Gasteiger partial charge in [-0.25, -0.2) is 0 Å². The van der Waals surface area contributed by atoms with Crippen LogP contribution in [-0.2, 0) is 6.54 Å². The number of benzene rings is 1. The Hall–Kier alpha value is -1.55. The summed E-state index contributed by atoms with van der Waals surface area (Å²) in [6, 6.07) is 11.7. The van der Waals surface area contributed by atoms with E-state index >= 15 is 0 Å². The molecular weight excluding hydrogens is 266 g/mol. The lowest BCUT2D eigenvalue weighted by atomic mass is 10.3. The maximum Gasteiger partial charge on any atom is 0.0823 e. The minimum absolute atomic E-state index is 0.633. The number of nitrogens with one attached hydrogen (secondary N) is 1. The zero-order chi connectivity index (χ0) is 11.4. The van der Waals surface area contributed by atoms with Gasteiger partial charge in [0.1, 0.15) is 0 Å². The van der Waals surface area contributed by atoms with Crippen LogP contribution in [0.2, 0.25) is 0 Å². The maximum atomic E-state index is 5.80. The van der Waals surface area contributed by atoms with E-state index in [1.807, 2.05) is 36.4 Å². The summed E-state index contributed by atoms with van der Waals surface area (Å²) in [5.41, 5.74) is 8.43. The predicted molar refractivity (Wildman–Crippen MR) is 70.1 cm³/mol. The van der Waals surface area contributed by atoms with Gasteiger partial charge < -0.3 is 11.1 Å². The predicted octanol–water partition coefficient (Wildman–Crippen LogP) is 3.04. The Morgan fingerprint density at radius 2 is 1.94 bits per heavy atom. The first kappa shape index (κ1) is 11.0. The van der Waals surface area contributed by atoms with Crippen LogP contribution in [0.1, 0.15) is 5.69 Å². The second-order valence-corrected chi connectivity index (χ2v) is 4.32. The van der Waals surface area contributed by atoms with Gasteiger partial charge in [0.25, 0.3) is 0 Å². The third kappa shape index (κ3) is 2.73. The summed E-state index contributed by atoms with van der Waals surface area (Å²) in [5, 5.41) is 3.27. The Bertz CT molecular complexity index is 468. The van der Waals surface area contributed by atoms with Crippen LogP contribution in [-0.4, -0.2) is 4.98 Å².